The molecule has 1 aliphatic heterocycles. The van der Waals surface area contributed by atoms with E-state index in [0.717, 1.165) is 31.2 Å². The standard InChI is InChI=1S/C18H25N3O3/c1-13(22)21-10-4-7-16(21)18(23)20-12-14-8-9-17(19-11-14)24-15-5-2-3-6-15/h8-9,11,15-16H,2-7,10,12H2,1H3,(H,20,23). The number of carbonyl (C=O) groups excluding carboxylic acids is 2. The van der Waals surface area contributed by atoms with Crippen molar-refractivity contribution in [1.82, 2.24) is 15.2 Å². The molecule has 2 aliphatic rings. The number of nitrogens with zero attached hydrogens (tertiary/aromatic N) is 2. The Hall–Kier alpha value is -2.11. The number of hydrogen-bond donors (Lipinski definition) is 1. The molecule has 1 N–H and O–H groups in total. The van der Waals surface area contributed by atoms with Crippen LogP contribution in [0.4, 0.5) is 0 Å². The molecule has 2 fully saturated rings. The van der Waals surface area contributed by atoms with Gasteiger partial charge in [0.25, 0.3) is 0 Å². The van der Waals surface area contributed by atoms with E-state index in [1.807, 2.05) is 12.1 Å². The van der Waals surface area contributed by atoms with E-state index in [0.29, 0.717) is 25.1 Å². The van der Waals surface area contributed by atoms with Crippen LogP contribution in [0.3, 0.4) is 0 Å². The van der Waals surface area contributed by atoms with E-state index in [9.17, 15) is 9.59 Å². The van der Waals surface area contributed by atoms with Gasteiger partial charge in [0.05, 0.1) is 0 Å². The number of nitrogens with one attached hydrogen (secondary N) is 1. The summed E-state index contributed by atoms with van der Waals surface area (Å²) in [7, 11) is 0. The van der Waals surface area contributed by atoms with E-state index in [4.69, 9.17) is 4.74 Å². The van der Waals surface area contributed by atoms with Gasteiger partial charge in [0.2, 0.25) is 17.7 Å². The molecule has 1 unspecified atom stereocenters. The molecule has 2 heterocycles. The van der Waals surface area contributed by atoms with Gasteiger partial charge in [-0.25, -0.2) is 4.98 Å². The lowest BCUT2D eigenvalue weighted by atomic mass is 10.2. The van der Waals surface area contributed by atoms with E-state index in [-0.39, 0.29) is 17.9 Å². The molecule has 3 rings (SSSR count). The fraction of sp³-hybridized carbons (Fsp3) is 0.611. The highest BCUT2D eigenvalue weighted by atomic mass is 16.5. The molecule has 0 aromatic carbocycles. The lowest BCUT2D eigenvalue weighted by Gasteiger charge is -2.22. The zero-order valence-corrected chi connectivity index (χ0v) is 14.2. The molecule has 0 spiro atoms. The van der Waals surface area contributed by atoms with Gasteiger partial charge < -0.3 is 15.0 Å². The quantitative estimate of drug-likeness (QED) is 0.896. The number of ether oxygens (including phenoxy) is 1. The Labute approximate surface area is 142 Å². The van der Waals surface area contributed by atoms with Crippen molar-refractivity contribution in [2.24, 2.45) is 0 Å². The summed E-state index contributed by atoms with van der Waals surface area (Å²) < 4.78 is 5.83. The number of amides is 2. The largest absolute Gasteiger partial charge is 0.474 e. The van der Waals surface area contributed by atoms with Crippen molar-refractivity contribution in [3.05, 3.63) is 23.9 Å². The molecule has 1 atom stereocenters. The fourth-order valence-corrected chi connectivity index (χ4v) is 3.49. The van der Waals surface area contributed by atoms with E-state index >= 15 is 0 Å². The molecule has 24 heavy (non-hydrogen) atoms. The number of likely N-dealkylation sites (tertiary alicyclic amines) is 1. The van der Waals surface area contributed by atoms with Crippen molar-refractivity contribution in [3.8, 4) is 5.88 Å². The normalized spacial score (nSPS) is 21.0. The fourth-order valence-electron chi connectivity index (χ4n) is 3.49. The van der Waals surface area contributed by atoms with Crippen LogP contribution in [0.5, 0.6) is 5.88 Å². The smallest absolute Gasteiger partial charge is 0.243 e. The first-order valence-electron chi connectivity index (χ1n) is 8.80. The van der Waals surface area contributed by atoms with Crippen molar-refractivity contribution in [2.75, 3.05) is 6.54 Å². The number of pyridine rings is 1. The Kier molecular flexibility index (Phi) is 5.33. The maximum atomic E-state index is 12.3. The van der Waals surface area contributed by atoms with Gasteiger partial charge >= 0.3 is 0 Å². The second-order valence-electron chi connectivity index (χ2n) is 6.62. The van der Waals surface area contributed by atoms with Crippen molar-refractivity contribution >= 4 is 11.8 Å². The van der Waals surface area contributed by atoms with Crippen molar-refractivity contribution < 1.29 is 14.3 Å². The van der Waals surface area contributed by atoms with E-state index in [2.05, 4.69) is 10.3 Å². The third kappa shape index (κ3) is 4.04. The van der Waals surface area contributed by atoms with E-state index in [1.54, 1.807) is 11.1 Å². The van der Waals surface area contributed by atoms with Gasteiger partial charge in [0.15, 0.2) is 0 Å². The lowest BCUT2D eigenvalue weighted by molar-refractivity contribution is -0.136. The van der Waals surface area contributed by atoms with Crippen LogP contribution in [0.1, 0.15) is 51.0 Å². The average Bonchev–Trinajstić information content (AvgIpc) is 3.25. The Morgan fingerprint density at radius 3 is 2.71 bits per heavy atom. The van der Waals surface area contributed by atoms with Gasteiger partial charge in [0, 0.05) is 32.3 Å². The van der Waals surface area contributed by atoms with Crippen molar-refractivity contribution in [1.29, 1.82) is 0 Å². The maximum absolute atomic E-state index is 12.3. The SMILES string of the molecule is CC(=O)N1CCCC1C(=O)NCc1ccc(OC2CCCC2)nc1. The van der Waals surface area contributed by atoms with Crippen LogP contribution in [-0.4, -0.2) is 40.4 Å². The second-order valence-corrected chi connectivity index (χ2v) is 6.62. The maximum Gasteiger partial charge on any atom is 0.243 e. The van der Waals surface area contributed by atoms with E-state index in [1.165, 1.54) is 19.8 Å². The molecule has 6 nitrogen and oxygen atoms in total. The number of carbonyl (C=O) groups is 2. The van der Waals surface area contributed by atoms with Gasteiger partial charge in [0.1, 0.15) is 12.1 Å². The molecule has 0 bridgehead atoms. The molecule has 1 aromatic rings. The minimum atomic E-state index is -0.333. The highest BCUT2D eigenvalue weighted by Crippen LogP contribution is 2.23. The topological polar surface area (TPSA) is 71.5 Å². The molecule has 1 aromatic heterocycles. The predicted octanol–water partition coefficient (Wildman–Crippen LogP) is 2.03. The summed E-state index contributed by atoms with van der Waals surface area (Å²) in [6.45, 7) is 2.60. The highest BCUT2D eigenvalue weighted by molar-refractivity contribution is 5.87. The first-order chi connectivity index (χ1) is 11.6. The first kappa shape index (κ1) is 16.7. The third-order valence-electron chi connectivity index (χ3n) is 4.81. The summed E-state index contributed by atoms with van der Waals surface area (Å²) in [5.74, 6) is 0.521. The van der Waals surface area contributed by atoms with Crippen LogP contribution in [-0.2, 0) is 16.1 Å². The Morgan fingerprint density at radius 1 is 1.25 bits per heavy atom. The third-order valence-corrected chi connectivity index (χ3v) is 4.81. The Bertz CT molecular complexity index is 582. The summed E-state index contributed by atoms with van der Waals surface area (Å²) in [5.41, 5.74) is 0.925. The molecule has 1 aliphatic carbocycles. The van der Waals surface area contributed by atoms with Crippen LogP contribution in [0, 0.1) is 0 Å². The molecule has 1 saturated heterocycles. The summed E-state index contributed by atoms with van der Waals surface area (Å²) in [4.78, 5) is 29.8. The first-order valence-corrected chi connectivity index (χ1v) is 8.80. The predicted molar refractivity (Wildman–Crippen MR) is 89.4 cm³/mol. The second kappa shape index (κ2) is 7.64. The molecule has 0 radical (unpaired) electrons. The summed E-state index contributed by atoms with van der Waals surface area (Å²) in [6.07, 6.45) is 8.32. The van der Waals surface area contributed by atoms with E-state index < -0.39 is 0 Å². The van der Waals surface area contributed by atoms with Crippen LogP contribution in [0.2, 0.25) is 0 Å². The van der Waals surface area contributed by atoms with Crippen LogP contribution in [0.25, 0.3) is 0 Å². The van der Waals surface area contributed by atoms with Gasteiger partial charge in [-0.1, -0.05) is 6.07 Å². The molecular weight excluding hydrogens is 306 g/mol. The van der Waals surface area contributed by atoms with Gasteiger partial charge in [-0.2, -0.15) is 0 Å². The molecule has 2 amide bonds. The zero-order valence-electron chi connectivity index (χ0n) is 14.2. The summed E-state index contributed by atoms with van der Waals surface area (Å²) in [5, 5.41) is 2.90. The minimum Gasteiger partial charge on any atom is -0.474 e. The molecule has 6 heteroatoms. The number of rotatable bonds is 5. The van der Waals surface area contributed by atoms with Crippen LogP contribution < -0.4 is 10.1 Å². The van der Waals surface area contributed by atoms with Crippen molar-refractivity contribution in [2.45, 2.75) is 64.1 Å². The Morgan fingerprint density at radius 2 is 2.04 bits per heavy atom. The van der Waals surface area contributed by atoms with Gasteiger partial charge in [-0.3, -0.25) is 9.59 Å². The Balaban J connectivity index is 1.49. The van der Waals surface area contributed by atoms with Gasteiger partial charge in [-0.15, -0.1) is 0 Å². The monoisotopic (exact) mass is 331 g/mol. The zero-order chi connectivity index (χ0) is 16.9. The van der Waals surface area contributed by atoms with Crippen LogP contribution >= 0.6 is 0 Å². The number of hydrogen-bond acceptors (Lipinski definition) is 4. The minimum absolute atomic E-state index is 0.0391. The average molecular weight is 331 g/mol. The molecule has 130 valence electrons. The molecular formula is C18H25N3O3. The summed E-state index contributed by atoms with van der Waals surface area (Å²) >= 11 is 0. The van der Waals surface area contributed by atoms with Crippen LogP contribution in [0.15, 0.2) is 18.3 Å². The number of aromatic nitrogens is 1. The van der Waals surface area contributed by atoms with Crippen molar-refractivity contribution in [3.63, 3.8) is 0 Å². The highest BCUT2D eigenvalue weighted by Gasteiger charge is 2.32. The lowest BCUT2D eigenvalue weighted by Crippen LogP contribution is -2.44. The van der Waals surface area contributed by atoms with Gasteiger partial charge in [-0.05, 0) is 44.1 Å². The molecule has 1 saturated carbocycles. The summed E-state index contributed by atoms with van der Waals surface area (Å²) in [6, 6.07) is 3.45.